The smallest absolute Gasteiger partial charge is 0.250 e. The minimum atomic E-state index is -0.890. The van der Waals surface area contributed by atoms with E-state index in [1.165, 1.54) is 28.1 Å². The number of nitrogens with one attached hydrogen (secondary N) is 1. The summed E-state index contributed by atoms with van der Waals surface area (Å²) in [5, 5.41) is 3.22. The predicted molar refractivity (Wildman–Crippen MR) is 163 cm³/mol. The van der Waals surface area contributed by atoms with Crippen molar-refractivity contribution >= 4 is 50.8 Å². The van der Waals surface area contributed by atoms with Crippen LogP contribution in [0.25, 0.3) is 15.9 Å². The van der Waals surface area contributed by atoms with Crippen LogP contribution < -0.4 is 5.32 Å². The molecular weight excluding hydrogens is 548 g/mol. The van der Waals surface area contributed by atoms with Crippen LogP contribution in [0.4, 0.5) is 0 Å². The first kappa shape index (κ1) is 28.9. The molecule has 1 aliphatic heterocycles. The third-order valence-electron chi connectivity index (χ3n) is 7.18. The standard InChI is InChI=1S/C33H32N4O4S/c1-21(2)30-33(41)37(27(19-36(30)22(3)38)24-14-8-5-9-15-24)20-29(39)34-26(18-23-12-6-4-7-13-23)31(40)32-35-25-16-10-11-17-28(25)42-32/h4-17,19,21,26,30H,18,20H2,1-3H3,(H,34,39)/t26-,30?/m0/s1. The van der Waals surface area contributed by atoms with Gasteiger partial charge in [-0.25, -0.2) is 4.98 Å². The molecule has 4 aromatic rings. The number of carbonyl (C=O) groups is 4. The molecule has 9 heteroatoms. The van der Waals surface area contributed by atoms with Crippen molar-refractivity contribution in [1.29, 1.82) is 0 Å². The number of ketones is 1. The third kappa shape index (κ3) is 6.16. The Morgan fingerprint density at radius 1 is 0.929 bits per heavy atom. The SMILES string of the molecule is CC(=O)N1C=C(c2ccccc2)N(CC(=O)N[C@@H](Cc2ccccc2)C(=O)c2nc3ccccc3s2)C(=O)C1C(C)C. The van der Waals surface area contributed by atoms with Gasteiger partial charge in [-0.05, 0) is 29.2 Å². The fourth-order valence-corrected chi connectivity index (χ4v) is 6.10. The van der Waals surface area contributed by atoms with Crippen molar-refractivity contribution in [3.05, 3.63) is 107 Å². The Labute approximate surface area is 248 Å². The maximum atomic E-state index is 13.9. The van der Waals surface area contributed by atoms with Crippen LogP contribution in [0, 0.1) is 5.92 Å². The largest absolute Gasteiger partial charge is 0.344 e. The zero-order chi connectivity index (χ0) is 29.8. The number of hydrogen-bond acceptors (Lipinski definition) is 6. The number of benzene rings is 3. The van der Waals surface area contributed by atoms with E-state index >= 15 is 0 Å². The normalized spacial score (nSPS) is 16.0. The minimum Gasteiger partial charge on any atom is -0.344 e. The van der Waals surface area contributed by atoms with Crippen LogP contribution >= 0.6 is 11.3 Å². The molecule has 2 atom stereocenters. The monoisotopic (exact) mass is 580 g/mol. The van der Waals surface area contributed by atoms with Crippen molar-refractivity contribution in [2.45, 2.75) is 39.3 Å². The second kappa shape index (κ2) is 12.5. The van der Waals surface area contributed by atoms with Crippen molar-refractivity contribution in [3.63, 3.8) is 0 Å². The van der Waals surface area contributed by atoms with E-state index in [9.17, 15) is 19.2 Å². The summed E-state index contributed by atoms with van der Waals surface area (Å²) in [6.45, 7) is 4.84. The van der Waals surface area contributed by atoms with Gasteiger partial charge < -0.3 is 10.2 Å². The Balaban J connectivity index is 1.45. The lowest BCUT2D eigenvalue weighted by atomic mass is 9.97. The van der Waals surface area contributed by atoms with E-state index in [1.807, 2.05) is 98.8 Å². The minimum absolute atomic E-state index is 0.188. The maximum Gasteiger partial charge on any atom is 0.250 e. The number of aromatic nitrogens is 1. The van der Waals surface area contributed by atoms with E-state index < -0.39 is 18.0 Å². The molecule has 3 aromatic carbocycles. The Hall–Kier alpha value is -4.63. The van der Waals surface area contributed by atoms with Crippen molar-refractivity contribution in [2.75, 3.05) is 6.54 Å². The van der Waals surface area contributed by atoms with Gasteiger partial charge in [-0.2, -0.15) is 0 Å². The molecule has 0 spiro atoms. The third-order valence-corrected chi connectivity index (χ3v) is 8.23. The molecule has 0 saturated heterocycles. The van der Waals surface area contributed by atoms with E-state index in [2.05, 4.69) is 10.3 Å². The zero-order valence-electron chi connectivity index (χ0n) is 23.7. The Morgan fingerprint density at radius 3 is 2.21 bits per heavy atom. The fourth-order valence-electron chi connectivity index (χ4n) is 5.14. The van der Waals surface area contributed by atoms with Gasteiger partial charge in [0.1, 0.15) is 12.6 Å². The number of Topliss-reactive ketones (excluding diaryl/α,β-unsaturated/α-hetero) is 1. The summed E-state index contributed by atoms with van der Waals surface area (Å²) in [5.74, 6) is -1.58. The first-order valence-corrected chi connectivity index (χ1v) is 14.6. The summed E-state index contributed by atoms with van der Waals surface area (Å²) >= 11 is 1.29. The number of amides is 3. The van der Waals surface area contributed by atoms with Gasteiger partial charge in [0.05, 0.1) is 22.0 Å². The molecule has 1 unspecified atom stereocenters. The average molecular weight is 581 g/mol. The van der Waals surface area contributed by atoms with Crippen LogP contribution in [0.5, 0.6) is 0 Å². The highest BCUT2D eigenvalue weighted by atomic mass is 32.1. The summed E-state index contributed by atoms with van der Waals surface area (Å²) < 4.78 is 0.886. The molecule has 5 rings (SSSR count). The Kier molecular flexibility index (Phi) is 8.59. The second-order valence-electron chi connectivity index (χ2n) is 10.6. The maximum absolute atomic E-state index is 13.9. The molecule has 1 N–H and O–H groups in total. The van der Waals surface area contributed by atoms with Gasteiger partial charge in [-0.15, -0.1) is 11.3 Å². The number of para-hydroxylation sites is 1. The van der Waals surface area contributed by atoms with Crippen LogP contribution in [0.1, 0.15) is 41.7 Å². The lowest BCUT2D eigenvalue weighted by molar-refractivity contribution is -0.144. The number of nitrogens with zero attached hydrogens (tertiary/aromatic N) is 3. The highest BCUT2D eigenvalue weighted by molar-refractivity contribution is 7.20. The molecular formula is C33H32N4O4S. The van der Waals surface area contributed by atoms with Crippen LogP contribution in [-0.2, 0) is 20.8 Å². The van der Waals surface area contributed by atoms with Gasteiger partial charge in [0.25, 0.3) is 5.91 Å². The Bertz CT molecular complexity index is 1620. The second-order valence-corrected chi connectivity index (χ2v) is 11.6. The summed E-state index contributed by atoms with van der Waals surface area (Å²) in [6, 6.07) is 24.5. The van der Waals surface area contributed by atoms with Crippen molar-refractivity contribution in [3.8, 4) is 0 Å². The average Bonchev–Trinajstić information content (AvgIpc) is 3.42. The molecule has 42 heavy (non-hydrogen) atoms. The quantitative estimate of drug-likeness (QED) is 0.283. The highest BCUT2D eigenvalue weighted by Gasteiger charge is 2.40. The van der Waals surface area contributed by atoms with E-state index in [1.54, 1.807) is 6.20 Å². The molecule has 0 aliphatic carbocycles. The predicted octanol–water partition coefficient (Wildman–Crippen LogP) is 4.92. The number of fused-ring (bicyclic) bond motifs is 1. The first-order valence-electron chi connectivity index (χ1n) is 13.8. The lowest BCUT2D eigenvalue weighted by Gasteiger charge is -2.40. The van der Waals surface area contributed by atoms with E-state index in [0.29, 0.717) is 16.3 Å². The van der Waals surface area contributed by atoms with Crippen LogP contribution in [0.2, 0.25) is 0 Å². The van der Waals surface area contributed by atoms with Crippen molar-refractivity contribution in [1.82, 2.24) is 20.1 Å². The van der Waals surface area contributed by atoms with Gasteiger partial charge >= 0.3 is 0 Å². The highest BCUT2D eigenvalue weighted by Crippen LogP contribution is 2.30. The molecule has 214 valence electrons. The molecule has 0 bridgehead atoms. The van der Waals surface area contributed by atoms with Crippen LogP contribution in [0.3, 0.4) is 0 Å². The van der Waals surface area contributed by atoms with Gasteiger partial charge in [-0.3, -0.25) is 24.1 Å². The summed E-state index contributed by atoms with van der Waals surface area (Å²) in [7, 11) is 0. The van der Waals surface area contributed by atoms with Gasteiger partial charge in [0.2, 0.25) is 17.6 Å². The number of thiazole rings is 1. The molecule has 0 radical (unpaired) electrons. The fraction of sp³-hybridized carbons (Fsp3) is 0.242. The van der Waals surface area contributed by atoms with Gasteiger partial charge in [0, 0.05) is 19.5 Å². The molecule has 0 fully saturated rings. The summed E-state index contributed by atoms with van der Waals surface area (Å²) in [4.78, 5) is 61.2. The molecule has 1 aromatic heterocycles. The molecule has 2 heterocycles. The summed E-state index contributed by atoms with van der Waals surface area (Å²) in [6.07, 6.45) is 1.91. The lowest BCUT2D eigenvalue weighted by Crippen LogP contribution is -2.56. The molecule has 0 saturated carbocycles. The van der Waals surface area contributed by atoms with E-state index in [-0.39, 0.29) is 36.5 Å². The number of rotatable bonds is 9. The van der Waals surface area contributed by atoms with Gasteiger partial charge in [-0.1, -0.05) is 86.6 Å². The molecule has 3 amide bonds. The van der Waals surface area contributed by atoms with Crippen LogP contribution in [0.15, 0.2) is 91.1 Å². The number of hydrogen-bond donors (Lipinski definition) is 1. The van der Waals surface area contributed by atoms with Crippen molar-refractivity contribution < 1.29 is 19.2 Å². The van der Waals surface area contributed by atoms with Crippen molar-refractivity contribution in [2.24, 2.45) is 5.92 Å². The van der Waals surface area contributed by atoms with Gasteiger partial charge in [0.15, 0.2) is 5.01 Å². The first-order chi connectivity index (χ1) is 20.2. The van der Waals surface area contributed by atoms with E-state index in [0.717, 1.165) is 15.8 Å². The Morgan fingerprint density at radius 2 is 1.57 bits per heavy atom. The molecule has 8 nitrogen and oxygen atoms in total. The zero-order valence-corrected chi connectivity index (χ0v) is 24.5. The topological polar surface area (TPSA) is 99.7 Å². The van der Waals surface area contributed by atoms with Crippen LogP contribution in [-0.4, -0.2) is 56.9 Å². The number of carbonyl (C=O) groups excluding carboxylic acids is 4. The molecule has 1 aliphatic rings. The van der Waals surface area contributed by atoms with E-state index in [4.69, 9.17) is 0 Å². The summed E-state index contributed by atoms with van der Waals surface area (Å²) in [5.41, 5.74) is 2.74.